The highest BCUT2D eigenvalue weighted by Crippen LogP contribution is 2.27. The Labute approximate surface area is 149 Å². The molecule has 0 bridgehead atoms. The van der Waals surface area contributed by atoms with E-state index >= 15 is 0 Å². The number of fused-ring (bicyclic) bond motifs is 1. The fourth-order valence-electron chi connectivity index (χ4n) is 2.95. The number of hydrogen-bond donors (Lipinski definition) is 0. The summed E-state index contributed by atoms with van der Waals surface area (Å²) in [5, 5.41) is 0.555. The van der Waals surface area contributed by atoms with Crippen LogP contribution in [0.5, 0.6) is 11.5 Å². The summed E-state index contributed by atoms with van der Waals surface area (Å²) in [5.74, 6) is 1.85. The zero-order valence-electron chi connectivity index (χ0n) is 15.0. The third-order valence-electron chi connectivity index (χ3n) is 4.33. The minimum Gasteiger partial charge on any atom is -0.497 e. The van der Waals surface area contributed by atoms with Gasteiger partial charge < -0.3 is 9.47 Å². The maximum Gasteiger partial charge on any atom is 0.327 e. The van der Waals surface area contributed by atoms with Gasteiger partial charge in [0.15, 0.2) is 5.75 Å². The smallest absolute Gasteiger partial charge is 0.327 e. The Bertz CT molecular complexity index is 966. The van der Waals surface area contributed by atoms with Crippen molar-refractivity contribution in [2.45, 2.75) is 24.8 Å². The Kier molecular flexibility index (Phi) is 4.76. The number of aromatic nitrogens is 3. The van der Waals surface area contributed by atoms with Crippen LogP contribution < -0.4 is 9.47 Å². The van der Waals surface area contributed by atoms with Crippen molar-refractivity contribution in [3.05, 3.63) is 41.2 Å². The van der Waals surface area contributed by atoms with E-state index in [1.54, 1.807) is 20.4 Å². The molecule has 6 nitrogen and oxygen atoms in total. The van der Waals surface area contributed by atoms with E-state index in [9.17, 15) is 4.21 Å². The van der Waals surface area contributed by atoms with E-state index in [2.05, 4.69) is 9.97 Å². The van der Waals surface area contributed by atoms with Crippen LogP contribution in [-0.2, 0) is 27.8 Å². The quantitative estimate of drug-likeness (QED) is 0.517. The number of aryl methyl sites for hydroxylation is 2. The SMILES string of the molecule is COc1ccc2c(c1)nc([SH+](=O)Cc1ncc(C)c(OC)c1C)n2C. The van der Waals surface area contributed by atoms with E-state index < -0.39 is 10.8 Å². The Morgan fingerprint density at radius 3 is 2.64 bits per heavy atom. The van der Waals surface area contributed by atoms with Gasteiger partial charge in [-0.1, -0.05) is 4.21 Å². The summed E-state index contributed by atoms with van der Waals surface area (Å²) in [6, 6.07) is 5.64. The van der Waals surface area contributed by atoms with Crippen LogP contribution in [-0.4, -0.2) is 28.8 Å². The lowest BCUT2D eigenvalue weighted by molar-refractivity contribution is 0.407. The molecule has 2 heterocycles. The number of imidazole rings is 1. The van der Waals surface area contributed by atoms with Crippen LogP contribution in [0.15, 0.2) is 29.6 Å². The fraction of sp³-hybridized carbons (Fsp3) is 0.333. The molecule has 0 fully saturated rings. The number of thiol groups is 1. The van der Waals surface area contributed by atoms with Crippen molar-refractivity contribution < 1.29 is 13.7 Å². The summed E-state index contributed by atoms with van der Waals surface area (Å²) in [4.78, 5) is 8.99. The van der Waals surface area contributed by atoms with Gasteiger partial charge in [-0.05, 0) is 26.0 Å². The van der Waals surface area contributed by atoms with Gasteiger partial charge in [0.25, 0.3) is 0 Å². The minimum atomic E-state index is -1.73. The van der Waals surface area contributed by atoms with Crippen LogP contribution in [0.2, 0.25) is 0 Å². The number of methoxy groups -OCH3 is 2. The lowest BCUT2D eigenvalue weighted by Crippen LogP contribution is -2.07. The third kappa shape index (κ3) is 3.11. The molecule has 2 aromatic heterocycles. The van der Waals surface area contributed by atoms with Gasteiger partial charge in [-0.3, -0.25) is 9.55 Å². The molecular weight excluding hydrogens is 338 g/mol. The highest BCUT2D eigenvalue weighted by atomic mass is 32.2. The molecule has 0 aliphatic carbocycles. The summed E-state index contributed by atoms with van der Waals surface area (Å²) < 4.78 is 25.5. The Hall–Kier alpha value is -2.41. The molecule has 0 aliphatic rings. The summed E-state index contributed by atoms with van der Waals surface area (Å²) in [6.07, 6.45) is 1.75. The number of ether oxygens (including phenoxy) is 2. The number of benzene rings is 1. The van der Waals surface area contributed by atoms with E-state index in [1.165, 1.54) is 0 Å². The lowest BCUT2D eigenvalue weighted by Gasteiger charge is -2.10. The zero-order valence-corrected chi connectivity index (χ0v) is 15.9. The first kappa shape index (κ1) is 17.4. The van der Waals surface area contributed by atoms with E-state index in [0.717, 1.165) is 39.4 Å². The van der Waals surface area contributed by atoms with Crippen LogP contribution in [0.4, 0.5) is 0 Å². The first-order valence-corrected chi connectivity index (χ1v) is 9.35. The van der Waals surface area contributed by atoms with Crippen LogP contribution in [0, 0.1) is 13.8 Å². The molecule has 132 valence electrons. The lowest BCUT2D eigenvalue weighted by atomic mass is 10.1. The number of hydrogen-bond acceptors (Lipinski definition) is 5. The first-order valence-electron chi connectivity index (χ1n) is 7.90. The van der Waals surface area contributed by atoms with E-state index in [-0.39, 0.29) is 0 Å². The van der Waals surface area contributed by atoms with Gasteiger partial charge in [-0.15, -0.1) is 0 Å². The molecular formula is C18H22N3O3S+. The minimum absolute atomic E-state index is 0.325. The van der Waals surface area contributed by atoms with Gasteiger partial charge in [-0.25, -0.2) is 0 Å². The molecule has 0 N–H and O–H groups in total. The molecule has 0 spiro atoms. The van der Waals surface area contributed by atoms with Gasteiger partial charge >= 0.3 is 5.16 Å². The van der Waals surface area contributed by atoms with Crippen molar-refractivity contribution in [1.29, 1.82) is 0 Å². The molecule has 0 amide bonds. The molecule has 25 heavy (non-hydrogen) atoms. The fourth-order valence-corrected chi connectivity index (χ4v) is 4.35. The topological polar surface area (TPSA) is 66.2 Å². The van der Waals surface area contributed by atoms with Crippen molar-refractivity contribution >= 4 is 21.8 Å². The molecule has 1 aromatic carbocycles. The Balaban J connectivity index is 1.97. The second-order valence-electron chi connectivity index (χ2n) is 5.91. The summed E-state index contributed by atoms with van der Waals surface area (Å²) in [7, 11) is 3.39. The Morgan fingerprint density at radius 1 is 1.20 bits per heavy atom. The number of rotatable bonds is 5. The van der Waals surface area contributed by atoms with Crippen molar-refractivity contribution in [2.24, 2.45) is 7.05 Å². The van der Waals surface area contributed by atoms with E-state index in [4.69, 9.17) is 9.47 Å². The molecule has 0 radical (unpaired) electrons. The van der Waals surface area contributed by atoms with Gasteiger partial charge in [-0.2, -0.15) is 4.98 Å². The molecule has 3 aromatic rings. The molecule has 1 unspecified atom stereocenters. The van der Waals surface area contributed by atoms with Crippen LogP contribution in [0.25, 0.3) is 11.0 Å². The van der Waals surface area contributed by atoms with Crippen molar-refractivity contribution in [2.75, 3.05) is 14.2 Å². The summed E-state index contributed by atoms with van der Waals surface area (Å²) in [6.45, 7) is 3.89. The predicted octanol–water partition coefficient (Wildman–Crippen LogP) is 2.86. The maximum atomic E-state index is 12.9. The Morgan fingerprint density at radius 2 is 1.96 bits per heavy atom. The first-order chi connectivity index (χ1) is 12.0. The average Bonchev–Trinajstić information content (AvgIpc) is 2.94. The van der Waals surface area contributed by atoms with Gasteiger partial charge in [0.2, 0.25) is 0 Å². The maximum absolute atomic E-state index is 12.9. The zero-order chi connectivity index (χ0) is 18.1. The summed E-state index contributed by atoms with van der Waals surface area (Å²) in [5.41, 5.74) is 4.35. The second kappa shape index (κ2) is 6.84. The molecule has 1 atom stereocenters. The van der Waals surface area contributed by atoms with E-state index in [0.29, 0.717) is 10.9 Å². The molecule has 0 saturated carbocycles. The van der Waals surface area contributed by atoms with Crippen molar-refractivity contribution in [1.82, 2.24) is 14.5 Å². The molecule has 0 aliphatic heterocycles. The molecule has 7 heteroatoms. The molecule has 3 rings (SSSR count). The second-order valence-corrected chi connectivity index (χ2v) is 7.38. The highest BCUT2D eigenvalue weighted by Gasteiger charge is 2.23. The van der Waals surface area contributed by atoms with Gasteiger partial charge in [0.05, 0.1) is 30.9 Å². The van der Waals surface area contributed by atoms with Crippen molar-refractivity contribution in [3.63, 3.8) is 0 Å². The van der Waals surface area contributed by atoms with E-state index in [1.807, 2.05) is 43.7 Å². The summed E-state index contributed by atoms with van der Waals surface area (Å²) >= 11 is 0. The highest BCUT2D eigenvalue weighted by molar-refractivity contribution is 7.84. The van der Waals surface area contributed by atoms with Crippen LogP contribution in [0.1, 0.15) is 16.8 Å². The average molecular weight is 360 g/mol. The van der Waals surface area contributed by atoms with Crippen LogP contribution >= 0.6 is 0 Å². The van der Waals surface area contributed by atoms with Gasteiger partial charge in [0, 0.05) is 30.4 Å². The largest absolute Gasteiger partial charge is 0.497 e. The van der Waals surface area contributed by atoms with Crippen molar-refractivity contribution in [3.8, 4) is 11.5 Å². The predicted molar refractivity (Wildman–Crippen MR) is 98.9 cm³/mol. The monoisotopic (exact) mass is 360 g/mol. The number of nitrogens with zero attached hydrogens (tertiary/aromatic N) is 3. The molecule has 0 saturated heterocycles. The third-order valence-corrected chi connectivity index (χ3v) is 5.76. The standard InChI is InChI=1S/C18H21N3O3S/c1-11-9-19-15(12(2)17(11)24-5)10-25(22)18-20-14-8-13(23-4)6-7-16(14)21(18)3/h6-9H,10H2,1-5H3/p+1. The van der Waals surface area contributed by atoms with Gasteiger partial charge in [0.1, 0.15) is 22.3 Å². The normalized spacial score (nSPS) is 12.4. The van der Waals surface area contributed by atoms with Crippen LogP contribution in [0.3, 0.4) is 0 Å². The number of pyridine rings is 1.